The Morgan fingerprint density at radius 1 is 1.40 bits per heavy atom. The highest BCUT2D eigenvalue weighted by Gasteiger charge is 2.28. The molecule has 1 atom stereocenters. The second kappa shape index (κ2) is 3.81. The summed E-state index contributed by atoms with van der Waals surface area (Å²) >= 11 is 0. The van der Waals surface area contributed by atoms with Gasteiger partial charge in [0.1, 0.15) is 6.26 Å². The Balaban J connectivity index is 2.28. The maximum absolute atomic E-state index is 11.4. The molecule has 1 unspecified atom stereocenters. The lowest BCUT2D eigenvalue weighted by Crippen LogP contribution is -2.23. The molecule has 0 amide bonds. The van der Waals surface area contributed by atoms with Crippen LogP contribution in [0, 0.1) is 0 Å². The fourth-order valence-electron chi connectivity index (χ4n) is 2.01. The van der Waals surface area contributed by atoms with Crippen molar-refractivity contribution >= 4 is 16.1 Å². The lowest BCUT2D eigenvalue weighted by Gasteiger charge is -2.21. The molecule has 0 aromatic carbocycles. The number of furan rings is 1. The molecule has 1 fully saturated rings. The first-order valence-corrected chi connectivity index (χ1v) is 6.66. The first-order chi connectivity index (χ1) is 7.12. The van der Waals surface area contributed by atoms with E-state index in [0.29, 0.717) is 18.3 Å². The predicted octanol–water partition coefficient (Wildman–Crippen LogP) is 1.38. The summed E-state index contributed by atoms with van der Waals surface area (Å²) in [5, 5.41) is 0. The average molecular weight is 228 g/mol. The fourth-order valence-corrected chi connectivity index (χ4v) is 3.75. The number of carbonyl (C=O) groups excluding carboxylic acids is 1. The highest BCUT2D eigenvalue weighted by Crippen LogP contribution is 2.30. The van der Waals surface area contributed by atoms with Gasteiger partial charge in [0, 0.05) is 11.5 Å². The van der Waals surface area contributed by atoms with Crippen LogP contribution in [-0.4, -0.2) is 26.2 Å². The molecular formula is C10H12O4S. The Hall–Kier alpha value is -1.10. The zero-order valence-corrected chi connectivity index (χ0v) is 9.00. The molecular weight excluding hydrogens is 216 g/mol. The summed E-state index contributed by atoms with van der Waals surface area (Å²) in [6.45, 7) is 0. The van der Waals surface area contributed by atoms with Gasteiger partial charge in [-0.25, -0.2) is 8.42 Å². The van der Waals surface area contributed by atoms with Gasteiger partial charge >= 0.3 is 0 Å². The number of hydrogen-bond donors (Lipinski definition) is 0. The van der Waals surface area contributed by atoms with E-state index in [9.17, 15) is 13.2 Å². The van der Waals surface area contributed by atoms with Gasteiger partial charge in [-0.15, -0.1) is 0 Å². The van der Waals surface area contributed by atoms with Crippen LogP contribution in [0.5, 0.6) is 0 Å². The van der Waals surface area contributed by atoms with Gasteiger partial charge in [0.25, 0.3) is 0 Å². The van der Waals surface area contributed by atoms with Crippen molar-refractivity contribution < 1.29 is 17.6 Å². The quantitative estimate of drug-likeness (QED) is 0.717. The molecule has 4 nitrogen and oxygen atoms in total. The minimum Gasteiger partial charge on any atom is -0.472 e. The summed E-state index contributed by atoms with van der Waals surface area (Å²) in [5.41, 5.74) is 1.20. The van der Waals surface area contributed by atoms with Crippen LogP contribution in [0.4, 0.5) is 0 Å². The molecule has 1 aromatic rings. The molecule has 15 heavy (non-hydrogen) atoms. The standard InChI is InChI=1S/C10H12O4S/c11-4-9-5-14-6-10(9)8-2-1-3-15(12,13)7-8/h4-6,8H,1-3,7H2. The van der Waals surface area contributed by atoms with Gasteiger partial charge in [0.2, 0.25) is 0 Å². The Kier molecular flexibility index (Phi) is 2.65. The molecule has 0 N–H and O–H groups in total. The monoisotopic (exact) mass is 228 g/mol. The van der Waals surface area contributed by atoms with Crippen molar-refractivity contribution in [1.29, 1.82) is 0 Å². The van der Waals surface area contributed by atoms with Gasteiger partial charge < -0.3 is 4.42 Å². The van der Waals surface area contributed by atoms with Crippen LogP contribution < -0.4 is 0 Å². The van der Waals surface area contributed by atoms with Crippen molar-refractivity contribution in [3.05, 3.63) is 23.7 Å². The Morgan fingerprint density at radius 2 is 2.20 bits per heavy atom. The highest BCUT2D eigenvalue weighted by molar-refractivity contribution is 7.91. The Morgan fingerprint density at radius 3 is 2.87 bits per heavy atom. The molecule has 0 bridgehead atoms. The zero-order chi connectivity index (χ0) is 10.9. The summed E-state index contributed by atoms with van der Waals surface area (Å²) in [4.78, 5) is 10.7. The van der Waals surface area contributed by atoms with Crippen molar-refractivity contribution in [3.8, 4) is 0 Å². The van der Waals surface area contributed by atoms with Crippen LogP contribution in [0.1, 0.15) is 34.7 Å². The van der Waals surface area contributed by atoms with Crippen LogP contribution in [-0.2, 0) is 9.84 Å². The summed E-state index contributed by atoms with van der Waals surface area (Å²) in [6, 6.07) is 0. The predicted molar refractivity (Wildman–Crippen MR) is 54.7 cm³/mol. The van der Waals surface area contributed by atoms with Gasteiger partial charge in [-0.05, 0) is 12.8 Å². The first kappa shape index (κ1) is 10.4. The summed E-state index contributed by atoms with van der Waals surface area (Å²) < 4.78 is 27.8. The van der Waals surface area contributed by atoms with Gasteiger partial charge in [0.05, 0.1) is 23.3 Å². The number of carbonyl (C=O) groups is 1. The van der Waals surface area contributed by atoms with E-state index in [1.165, 1.54) is 12.5 Å². The third-order valence-electron chi connectivity index (χ3n) is 2.75. The summed E-state index contributed by atoms with van der Waals surface area (Å²) in [5.74, 6) is 0.313. The average Bonchev–Trinajstić information content (AvgIpc) is 2.63. The smallest absolute Gasteiger partial charge is 0.153 e. The van der Waals surface area contributed by atoms with E-state index in [4.69, 9.17) is 4.42 Å². The molecule has 82 valence electrons. The number of aldehydes is 1. The molecule has 0 aliphatic carbocycles. The second-order valence-corrected chi connectivity index (χ2v) is 6.08. The molecule has 1 aliphatic rings. The normalized spacial score (nSPS) is 24.9. The van der Waals surface area contributed by atoms with Gasteiger partial charge in [-0.3, -0.25) is 4.79 Å². The van der Waals surface area contributed by atoms with Gasteiger partial charge in [-0.1, -0.05) is 0 Å². The second-order valence-electron chi connectivity index (χ2n) is 3.85. The number of rotatable bonds is 2. The summed E-state index contributed by atoms with van der Waals surface area (Å²) in [6.07, 6.45) is 5.02. The van der Waals surface area contributed by atoms with E-state index in [1.54, 1.807) is 0 Å². The molecule has 2 rings (SSSR count). The minimum atomic E-state index is -2.94. The highest BCUT2D eigenvalue weighted by atomic mass is 32.2. The maximum atomic E-state index is 11.4. The molecule has 0 radical (unpaired) electrons. The van der Waals surface area contributed by atoms with Crippen molar-refractivity contribution in [2.75, 3.05) is 11.5 Å². The van der Waals surface area contributed by atoms with Crippen LogP contribution in [0.2, 0.25) is 0 Å². The van der Waals surface area contributed by atoms with Crippen LogP contribution in [0.15, 0.2) is 16.9 Å². The van der Waals surface area contributed by atoms with E-state index in [1.807, 2.05) is 0 Å². The van der Waals surface area contributed by atoms with E-state index in [-0.39, 0.29) is 17.4 Å². The van der Waals surface area contributed by atoms with Crippen molar-refractivity contribution in [2.24, 2.45) is 0 Å². The lowest BCUT2D eigenvalue weighted by molar-refractivity contribution is 0.112. The molecule has 2 heterocycles. The van der Waals surface area contributed by atoms with Crippen molar-refractivity contribution in [1.82, 2.24) is 0 Å². The van der Waals surface area contributed by atoms with E-state index >= 15 is 0 Å². The molecule has 1 aromatic heterocycles. The Labute approximate surface area is 88.2 Å². The maximum Gasteiger partial charge on any atom is 0.153 e. The fraction of sp³-hybridized carbons (Fsp3) is 0.500. The third kappa shape index (κ3) is 2.12. The zero-order valence-electron chi connectivity index (χ0n) is 8.18. The summed E-state index contributed by atoms with van der Waals surface area (Å²) in [7, 11) is -2.94. The van der Waals surface area contributed by atoms with Crippen LogP contribution in [0.3, 0.4) is 0 Å². The third-order valence-corrected chi connectivity index (χ3v) is 4.57. The lowest BCUT2D eigenvalue weighted by atomic mass is 9.96. The van der Waals surface area contributed by atoms with Crippen molar-refractivity contribution in [2.45, 2.75) is 18.8 Å². The van der Waals surface area contributed by atoms with Crippen LogP contribution >= 0.6 is 0 Å². The molecule has 5 heteroatoms. The molecule has 0 spiro atoms. The number of sulfone groups is 1. The first-order valence-electron chi connectivity index (χ1n) is 4.84. The van der Waals surface area contributed by atoms with E-state index < -0.39 is 9.84 Å². The minimum absolute atomic E-state index is 0.0808. The van der Waals surface area contributed by atoms with Gasteiger partial charge in [-0.2, -0.15) is 0 Å². The van der Waals surface area contributed by atoms with Crippen molar-refractivity contribution in [3.63, 3.8) is 0 Å². The van der Waals surface area contributed by atoms with E-state index in [0.717, 1.165) is 12.0 Å². The molecule has 1 aliphatic heterocycles. The van der Waals surface area contributed by atoms with E-state index in [2.05, 4.69) is 0 Å². The Bertz CT molecular complexity index is 458. The number of hydrogen-bond acceptors (Lipinski definition) is 4. The SMILES string of the molecule is O=Cc1cocc1C1CCCS(=O)(=O)C1. The molecule has 0 saturated carbocycles. The molecule has 1 saturated heterocycles. The largest absolute Gasteiger partial charge is 0.472 e. The van der Waals surface area contributed by atoms with Gasteiger partial charge in [0.15, 0.2) is 16.1 Å². The van der Waals surface area contributed by atoms with Crippen LogP contribution in [0.25, 0.3) is 0 Å². The topological polar surface area (TPSA) is 64.3 Å².